The Kier molecular flexibility index (Phi) is 6.98. The number of carbonyl (C=O) groups excluding carboxylic acids is 1. The summed E-state index contributed by atoms with van der Waals surface area (Å²) >= 11 is 4.51. The quantitative estimate of drug-likeness (QED) is 0.501. The number of benzene rings is 2. The van der Waals surface area contributed by atoms with Gasteiger partial charge in [0.25, 0.3) is 0 Å². The van der Waals surface area contributed by atoms with Gasteiger partial charge in [-0.05, 0) is 87.1 Å². The fourth-order valence-corrected chi connectivity index (χ4v) is 4.79. The molecule has 2 aromatic carbocycles. The molecule has 0 N–H and O–H groups in total. The van der Waals surface area contributed by atoms with E-state index in [1.807, 2.05) is 41.3 Å². The molecule has 0 aliphatic carbocycles. The summed E-state index contributed by atoms with van der Waals surface area (Å²) in [6, 6.07) is 11.5. The Morgan fingerprint density at radius 3 is 2.23 bits per heavy atom. The van der Waals surface area contributed by atoms with Gasteiger partial charge in [-0.25, -0.2) is 0 Å². The molecule has 0 saturated carbocycles. The molecule has 5 nitrogen and oxygen atoms in total. The highest BCUT2D eigenvalue weighted by Crippen LogP contribution is 2.33. The van der Waals surface area contributed by atoms with Crippen LogP contribution in [0.25, 0.3) is 0 Å². The number of ether oxygens (including phenoxy) is 3. The number of methoxy groups -OCH3 is 1. The van der Waals surface area contributed by atoms with Crippen LogP contribution < -0.4 is 9.47 Å². The summed E-state index contributed by atoms with van der Waals surface area (Å²) in [6.07, 6.45) is 0.398. The van der Waals surface area contributed by atoms with Gasteiger partial charge in [0.15, 0.2) is 5.75 Å². The first-order valence-electron chi connectivity index (χ1n) is 8.22. The lowest BCUT2D eigenvalue weighted by molar-refractivity contribution is -0.134. The summed E-state index contributed by atoms with van der Waals surface area (Å²) < 4.78 is 18.5. The second-order valence-corrected chi connectivity index (χ2v) is 8.16. The van der Waals surface area contributed by atoms with E-state index in [-0.39, 0.29) is 5.91 Å². The lowest BCUT2D eigenvalue weighted by Crippen LogP contribution is -2.41. The van der Waals surface area contributed by atoms with Crippen molar-refractivity contribution in [3.8, 4) is 17.2 Å². The normalized spacial score (nSPS) is 14.2. The number of rotatable bonds is 5. The van der Waals surface area contributed by atoms with Crippen LogP contribution in [0.1, 0.15) is 5.56 Å². The lowest BCUT2D eigenvalue weighted by Gasteiger charge is -2.27. The van der Waals surface area contributed by atoms with E-state index in [9.17, 15) is 4.79 Å². The van der Waals surface area contributed by atoms with Crippen molar-refractivity contribution in [2.75, 3.05) is 33.4 Å². The van der Waals surface area contributed by atoms with E-state index >= 15 is 0 Å². The molecule has 3 rings (SSSR count). The Bertz CT molecular complexity index is 751. The van der Waals surface area contributed by atoms with Gasteiger partial charge in [-0.3, -0.25) is 4.79 Å². The van der Waals surface area contributed by atoms with Crippen molar-refractivity contribution < 1.29 is 19.0 Å². The molecule has 0 atom stereocenters. The van der Waals surface area contributed by atoms with Gasteiger partial charge >= 0.3 is 0 Å². The smallest absolute Gasteiger partial charge is 0.227 e. The average molecular weight is 579 g/mol. The summed E-state index contributed by atoms with van der Waals surface area (Å²) in [5.74, 6) is 2.49. The van der Waals surface area contributed by atoms with Crippen molar-refractivity contribution in [1.29, 1.82) is 0 Å². The van der Waals surface area contributed by atoms with Crippen molar-refractivity contribution in [1.82, 2.24) is 4.90 Å². The minimum Gasteiger partial charge on any atom is -0.497 e. The van der Waals surface area contributed by atoms with Gasteiger partial charge in [-0.2, -0.15) is 0 Å². The molecule has 7 heteroatoms. The van der Waals surface area contributed by atoms with E-state index in [1.165, 1.54) is 0 Å². The summed E-state index contributed by atoms with van der Waals surface area (Å²) in [5.41, 5.74) is 0.998. The maximum absolute atomic E-state index is 12.4. The number of halogens is 2. The van der Waals surface area contributed by atoms with Crippen LogP contribution >= 0.6 is 45.2 Å². The maximum Gasteiger partial charge on any atom is 0.227 e. The maximum atomic E-state index is 12.4. The Hall–Kier alpha value is -1.07. The first-order chi connectivity index (χ1) is 12.6. The van der Waals surface area contributed by atoms with Crippen molar-refractivity contribution in [3.63, 3.8) is 0 Å². The monoisotopic (exact) mass is 579 g/mol. The van der Waals surface area contributed by atoms with Gasteiger partial charge in [-0.15, -0.1) is 0 Å². The van der Waals surface area contributed by atoms with Crippen LogP contribution in [0.4, 0.5) is 0 Å². The fourth-order valence-electron chi connectivity index (χ4n) is 2.67. The number of nitrogens with zero attached hydrogens (tertiary/aromatic N) is 1. The molecule has 26 heavy (non-hydrogen) atoms. The van der Waals surface area contributed by atoms with Crippen LogP contribution in [0.5, 0.6) is 17.2 Å². The van der Waals surface area contributed by atoms with E-state index < -0.39 is 0 Å². The molecular formula is C19H19I2NO4. The average Bonchev–Trinajstić information content (AvgIpc) is 2.66. The highest BCUT2D eigenvalue weighted by atomic mass is 127. The highest BCUT2D eigenvalue weighted by molar-refractivity contribution is 14.1. The van der Waals surface area contributed by atoms with Crippen molar-refractivity contribution in [3.05, 3.63) is 49.1 Å². The van der Waals surface area contributed by atoms with Crippen molar-refractivity contribution in [2.45, 2.75) is 6.42 Å². The van der Waals surface area contributed by atoms with Gasteiger partial charge in [-0.1, -0.05) is 0 Å². The van der Waals surface area contributed by atoms with E-state index in [0.717, 1.165) is 30.0 Å². The van der Waals surface area contributed by atoms with Crippen LogP contribution in [0.3, 0.4) is 0 Å². The topological polar surface area (TPSA) is 48.0 Å². The largest absolute Gasteiger partial charge is 0.497 e. The third-order valence-corrected chi connectivity index (χ3v) is 5.66. The molecule has 1 saturated heterocycles. The summed E-state index contributed by atoms with van der Waals surface area (Å²) in [5, 5.41) is 0. The second kappa shape index (κ2) is 9.23. The van der Waals surface area contributed by atoms with Gasteiger partial charge < -0.3 is 19.1 Å². The van der Waals surface area contributed by atoms with E-state index in [2.05, 4.69) is 45.2 Å². The zero-order valence-corrected chi connectivity index (χ0v) is 18.7. The minimum atomic E-state index is 0.142. The predicted molar refractivity (Wildman–Crippen MR) is 116 cm³/mol. The SMILES string of the molecule is COc1ccc(Oc2c(I)cc(CC(=O)N3CCOCC3)cc2I)cc1. The van der Waals surface area contributed by atoms with Gasteiger partial charge in [0.1, 0.15) is 11.5 Å². The van der Waals surface area contributed by atoms with Gasteiger partial charge in [0.2, 0.25) is 5.91 Å². The molecule has 1 aliphatic heterocycles. The van der Waals surface area contributed by atoms with Crippen molar-refractivity contribution in [2.24, 2.45) is 0 Å². The Morgan fingerprint density at radius 1 is 1.08 bits per heavy atom. The van der Waals surface area contributed by atoms with Crippen LogP contribution in [0.2, 0.25) is 0 Å². The molecule has 1 heterocycles. The van der Waals surface area contributed by atoms with Crippen LogP contribution in [-0.4, -0.2) is 44.2 Å². The predicted octanol–water partition coefficient (Wildman–Crippen LogP) is 4.10. The number of carbonyl (C=O) groups is 1. The molecule has 1 fully saturated rings. The first-order valence-corrected chi connectivity index (χ1v) is 10.4. The second-order valence-electron chi connectivity index (χ2n) is 5.84. The molecule has 0 unspecified atom stereocenters. The standard InChI is InChI=1S/C19H19I2NO4/c1-24-14-2-4-15(5-3-14)26-19-16(20)10-13(11-17(19)21)12-18(23)22-6-8-25-9-7-22/h2-5,10-11H,6-9,12H2,1H3. The third-order valence-electron chi connectivity index (χ3n) is 4.06. The Balaban J connectivity index is 1.71. The van der Waals surface area contributed by atoms with Crippen LogP contribution in [0, 0.1) is 7.14 Å². The van der Waals surface area contributed by atoms with Gasteiger partial charge in [0.05, 0.1) is 33.9 Å². The summed E-state index contributed by atoms with van der Waals surface area (Å²) in [4.78, 5) is 14.3. The highest BCUT2D eigenvalue weighted by Gasteiger charge is 2.18. The molecular weight excluding hydrogens is 560 g/mol. The lowest BCUT2D eigenvalue weighted by atomic mass is 10.1. The van der Waals surface area contributed by atoms with Crippen molar-refractivity contribution >= 4 is 51.1 Å². The molecule has 1 amide bonds. The fraction of sp³-hybridized carbons (Fsp3) is 0.316. The third kappa shape index (κ3) is 5.01. The summed E-state index contributed by atoms with van der Waals surface area (Å²) in [6.45, 7) is 2.59. The van der Waals surface area contributed by atoms with Crippen LogP contribution in [0.15, 0.2) is 36.4 Å². The Morgan fingerprint density at radius 2 is 1.65 bits per heavy atom. The summed E-state index contributed by atoms with van der Waals surface area (Å²) in [7, 11) is 1.64. The molecule has 2 aromatic rings. The van der Waals surface area contributed by atoms with Crippen LogP contribution in [-0.2, 0) is 16.0 Å². The van der Waals surface area contributed by atoms with E-state index in [0.29, 0.717) is 32.7 Å². The number of hydrogen-bond acceptors (Lipinski definition) is 4. The first kappa shape index (κ1) is 19.7. The number of morpholine rings is 1. The van der Waals surface area contributed by atoms with E-state index in [4.69, 9.17) is 14.2 Å². The number of hydrogen-bond donors (Lipinski definition) is 0. The molecule has 0 radical (unpaired) electrons. The molecule has 0 bridgehead atoms. The zero-order valence-electron chi connectivity index (χ0n) is 14.3. The molecule has 138 valence electrons. The molecule has 0 aromatic heterocycles. The van der Waals surface area contributed by atoms with E-state index in [1.54, 1.807) is 7.11 Å². The Labute approximate surface area is 180 Å². The number of amides is 1. The zero-order chi connectivity index (χ0) is 18.5. The molecule has 1 aliphatic rings. The van der Waals surface area contributed by atoms with Gasteiger partial charge in [0, 0.05) is 13.1 Å². The minimum absolute atomic E-state index is 0.142. The molecule has 0 spiro atoms.